The van der Waals surface area contributed by atoms with Crippen molar-refractivity contribution in [2.45, 2.75) is 24.5 Å². The van der Waals surface area contributed by atoms with Crippen molar-refractivity contribution in [2.75, 3.05) is 26.2 Å². The van der Waals surface area contributed by atoms with E-state index in [1.807, 2.05) is 0 Å². The van der Waals surface area contributed by atoms with Crippen LogP contribution >= 0.6 is 0 Å². The van der Waals surface area contributed by atoms with Gasteiger partial charge in [0.2, 0.25) is 0 Å². The van der Waals surface area contributed by atoms with Crippen molar-refractivity contribution in [1.29, 1.82) is 0 Å². The van der Waals surface area contributed by atoms with Gasteiger partial charge in [-0.1, -0.05) is 12.1 Å². The third kappa shape index (κ3) is 3.24. The number of piperazine rings is 1. The molecule has 9 heteroatoms. The van der Waals surface area contributed by atoms with Crippen LogP contribution in [0, 0.1) is 0 Å². The number of carbonyl (C=O) groups is 2. The molecule has 2 amide bonds. The molecule has 4 aliphatic rings. The van der Waals surface area contributed by atoms with E-state index in [1.165, 1.54) is 6.08 Å². The Morgan fingerprint density at radius 2 is 1.73 bits per heavy atom. The molecule has 1 saturated carbocycles. The zero-order valence-electron chi connectivity index (χ0n) is 16.2. The first-order valence-electron chi connectivity index (χ1n) is 9.93. The van der Waals surface area contributed by atoms with Crippen LogP contribution in [0.1, 0.15) is 28.8 Å². The first kappa shape index (κ1) is 18.8. The van der Waals surface area contributed by atoms with E-state index in [1.54, 1.807) is 40.1 Å². The maximum absolute atomic E-state index is 14.4. The summed E-state index contributed by atoms with van der Waals surface area (Å²) in [5, 5.41) is 21.3. The van der Waals surface area contributed by atoms with Crippen LogP contribution in [-0.4, -0.2) is 70.3 Å². The van der Waals surface area contributed by atoms with Gasteiger partial charge in [-0.05, 0) is 47.9 Å². The number of nitrogens with zero attached hydrogens (tertiary/aromatic N) is 5. The molecule has 154 valence electrons. The van der Waals surface area contributed by atoms with Crippen molar-refractivity contribution in [3.63, 3.8) is 0 Å². The predicted octanol–water partition coefficient (Wildman–Crippen LogP) is 1.94. The maximum atomic E-state index is 14.4. The lowest BCUT2D eigenvalue weighted by Crippen LogP contribution is -2.53. The normalized spacial score (nSPS) is 24.1. The summed E-state index contributed by atoms with van der Waals surface area (Å²) < 4.78 is 14.4. The summed E-state index contributed by atoms with van der Waals surface area (Å²) in [6, 6.07) is 6.31. The molecular formula is C21H20FN5O3. The Bertz CT molecular complexity index is 1030. The highest BCUT2D eigenvalue weighted by molar-refractivity contribution is 6.10. The molecule has 2 aliphatic heterocycles. The summed E-state index contributed by atoms with van der Waals surface area (Å²) in [7, 11) is 0. The van der Waals surface area contributed by atoms with Gasteiger partial charge >= 0.3 is 0 Å². The first-order valence-corrected chi connectivity index (χ1v) is 9.93. The van der Waals surface area contributed by atoms with Crippen LogP contribution in [0.15, 0.2) is 57.7 Å². The summed E-state index contributed by atoms with van der Waals surface area (Å²) >= 11 is 0. The molecule has 0 aromatic heterocycles. The third-order valence-electron chi connectivity index (χ3n) is 5.91. The SMILES string of the molecule is O=C(c1ccc(C2=CC3=NN=NC3C=C2F)cc1)N1CCN(C(=O)C2(O)CC2)CC1. The van der Waals surface area contributed by atoms with E-state index in [4.69, 9.17) is 0 Å². The Morgan fingerprint density at radius 3 is 2.40 bits per heavy atom. The van der Waals surface area contributed by atoms with Crippen molar-refractivity contribution in [1.82, 2.24) is 9.80 Å². The van der Waals surface area contributed by atoms with E-state index in [-0.39, 0.29) is 11.8 Å². The van der Waals surface area contributed by atoms with Gasteiger partial charge in [-0.3, -0.25) is 9.59 Å². The molecule has 2 heterocycles. The highest BCUT2D eigenvalue weighted by Crippen LogP contribution is 2.37. The average molecular weight is 409 g/mol. The number of carbonyl (C=O) groups excluding carboxylic acids is 2. The standard InChI is InChI=1S/C21H20FN5O3/c22-16-12-18-17(23-25-24-18)11-15(16)13-1-3-14(4-2-13)19(28)26-7-9-27(10-8-26)20(29)21(30)5-6-21/h1-4,11-12,18,30H,5-10H2. The van der Waals surface area contributed by atoms with Crippen molar-refractivity contribution >= 4 is 23.1 Å². The summed E-state index contributed by atoms with van der Waals surface area (Å²) in [5.74, 6) is -0.758. The first-order chi connectivity index (χ1) is 14.4. The number of hydrogen-bond acceptors (Lipinski definition) is 6. The molecular weight excluding hydrogens is 389 g/mol. The Balaban J connectivity index is 1.25. The van der Waals surface area contributed by atoms with Crippen LogP contribution in [0.3, 0.4) is 0 Å². The van der Waals surface area contributed by atoms with E-state index >= 15 is 0 Å². The molecule has 2 aliphatic carbocycles. The van der Waals surface area contributed by atoms with Gasteiger partial charge in [-0.25, -0.2) is 4.39 Å². The number of hydrogen-bond donors (Lipinski definition) is 1. The molecule has 0 spiro atoms. The number of rotatable bonds is 3. The fourth-order valence-corrected chi connectivity index (χ4v) is 3.86. The molecule has 1 atom stereocenters. The van der Waals surface area contributed by atoms with Crippen LogP contribution in [0.4, 0.5) is 4.39 Å². The van der Waals surface area contributed by atoms with E-state index in [2.05, 4.69) is 15.4 Å². The Kier molecular flexibility index (Phi) is 4.35. The Labute approximate surface area is 172 Å². The van der Waals surface area contributed by atoms with Gasteiger partial charge in [0.1, 0.15) is 17.5 Å². The average Bonchev–Trinajstić information content (AvgIpc) is 3.36. The van der Waals surface area contributed by atoms with Crippen LogP contribution in [0.5, 0.6) is 0 Å². The highest BCUT2D eigenvalue weighted by Gasteiger charge is 2.50. The summed E-state index contributed by atoms with van der Waals surface area (Å²) in [4.78, 5) is 28.4. The van der Waals surface area contributed by atoms with Crippen LogP contribution in [0.25, 0.3) is 5.57 Å². The van der Waals surface area contributed by atoms with Gasteiger partial charge in [0.05, 0.1) is 5.71 Å². The minimum absolute atomic E-state index is 0.134. The number of halogens is 1. The van der Waals surface area contributed by atoms with E-state index in [9.17, 15) is 19.1 Å². The number of aliphatic hydroxyl groups is 1. The van der Waals surface area contributed by atoms with E-state index < -0.39 is 17.5 Å². The molecule has 0 radical (unpaired) electrons. The second-order valence-corrected chi connectivity index (χ2v) is 7.94. The quantitative estimate of drug-likeness (QED) is 0.826. The maximum Gasteiger partial charge on any atom is 0.254 e. The number of allylic oxidation sites excluding steroid dienone is 2. The van der Waals surface area contributed by atoms with E-state index in [0.29, 0.717) is 61.4 Å². The second-order valence-electron chi connectivity index (χ2n) is 7.94. The predicted molar refractivity (Wildman–Crippen MR) is 106 cm³/mol. The monoisotopic (exact) mass is 409 g/mol. The largest absolute Gasteiger partial charge is 0.380 e. The van der Waals surface area contributed by atoms with E-state index in [0.717, 1.165) is 0 Å². The lowest BCUT2D eigenvalue weighted by atomic mass is 9.94. The van der Waals surface area contributed by atoms with Gasteiger partial charge in [-0.2, -0.15) is 5.11 Å². The van der Waals surface area contributed by atoms with Gasteiger partial charge in [0.15, 0.2) is 0 Å². The highest BCUT2D eigenvalue weighted by atomic mass is 19.1. The Morgan fingerprint density at radius 1 is 1.07 bits per heavy atom. The van der Waals surface area contributed by atoms with Crippen molar-refractivity contribution in [2.24, 2.45) is 15.4 Å². The zero-order chi connectivity index (χ0) is 20.9. The third-order valence-corrected chi connectivity index (χ3v) is 5.91. The lowest BCUT2D eigenvalue weighted by molar-refractivity contribution is -0.143. The van der Waals surface area contributed by atoms with Crippen molar-refractivity contribution < 1.29 is 19.1 Å². The molecule has 1 aromatic carbocycles. The molecule has 30 heavy (non-hydrogen) atoms. The zero-order valence-corrected chi connectivity index (χ0v) is 16.2. The summed E-state index contributed by atoms with van der Waals surface area (Å²) in [6.45, 7) is 1.65. The second kappa shape index (κ2) is 6.94. The summed E-state index contributed by atoms with van der Waals surface area (Å²) in [5.41, 5.74) is 0.949. The van der Waals surface area contributed by atoms with Crippen LogP contribution in [-0.2, 0) is 4.79 Å². The van der Waals surface area contributed by atoms with Gasteiger partial charge in [-0.15, -0.1) is 5.10 Å². The Hall–Kier alpha value is -3.20. The molecule has 1 unspecified atom stereocenters. The molecule has 2 fully saturated rings. The minimum Gasteiger partial charge on any atom is -0.380 e. The lowest BCUT2D eigenvalue weighted by Gasteiger charge is -2.35. The van der Waals surface area contributed by atoms with Crippen molar-refractivity contribution in [3.05, 3.63) is 53.4 Å². The van der Waals surface area contributed by atoms with Gasteiger partial charge < -0.3 is 14.9 Å². The molecule has 1 N–H and O–H groups in total. The van der Waals surface area contributed by atoms with Crippen molar-refractivity contribution in [3.8, 4) is 0 Å². The number of fused-ring (bicyclic) bond motifs is 1. The van der Waals surface area contributed by atoms with Gasteiger partial charge in [0, 0.05) is 37.3 Å². The molecule has 1 aromatic rings. The minimum atomic E-state index is -1.17. The van der Waals surface area contributed by atoms with Gasteiger partial charge in [0.25, 0.3) is 11.8 Å². The fourth-order valence-electron chi connectivity index (χ4n) is 3.86. The molecule has 8 nitrogen and oxygen atoms in total. The summed E-state index contributed by atoms with van der Waals surface area (Å²) in [6.07, 6.45) is 4.03. The fraction of sp³-hybridized carbons (Fsp3) is 0.381. The number of benzene rings is 1. The molecule has 1 saturated heterocycles. The number of amides is 2. The van der Waals surface area contributed by atoms with Crippen LogP contribution < -0.4 is 0 Å². The topological polar surface area (TPSA) is 97.9 Å². The molecule has 5 rings (SSSR count). The molecule has 0 bridgehead atoms. The van der Waals surface area contributed by atoms with Crippen LogP contribution in [0.2, 0.25) is 0 Å². The smallest absolute Gasteiger partial charge is 0.254 e.